The molecule has 4 heteroatoms. The lowest BCUT2D eigenvalue weighted by atomic mass is 9.98. The molecule has 0 aromatic heterocycles. The Morgan fingerprint density at radius 1 is 1.24 bits per heavy atom. The molecule has 0 spiro atoms. The van der Waals surface area contributed by atoms with Gasteiger partial charge in [-0.2, -0.15) is 0 Å². The summed E-state index contributed by atoms with van der Waals surface area (Å²) < 4.78 is 12.6. The standard InChI is InChI=1S/C13H16BrNO2/c1-8-13(9-2-4-10(14)5-3-9)15-11-6-16-7-12(11)17-8/h2-5,8,11-13,15H,6-7H2,1H3/t8?,11-,12?,13?/m1/s1. The summed E-state index contributed by atoms with van der Waals surface area (Å²) >= 11 is 3.46. The molecule has 1 aromatic carbocycles. The van der Waals surface area contributed by atoms with Crippen molar-refractivity contribution in [2.45, 2.75) is 31.2 Å². The van der Waals surface area contributed by atoms with Crippen LogP contribution in [0, 0.1) is 0 Å². The highest BCUT2D eigenvalue weighted by Gasteiger charge is 2.39. The normalized spacial score (nSPS) is 36.8. The molecular weight excluding hydrogens is 282 g/mol. The van der Waals surface area contributed by atoms with Gasteiger partial charge in [0, 0.05) is 4.47 Å². The molecule has 2 heterocycles. The van der Waals surface area contributed by atoms with Crippen molar-refractivity contribution in [2.24, 2.45) is 0 Å². The zero-order chi connectivity index (χ0) is 11.8. The molecule has 0 bridgehead atoms. The molecule has 4 atom stereocenters. The Kier molecular flexibility index (Phi) is 3.21. The van der Waals surface area contributed by atoms with E-state index in [-0.39, 0.29) is 18.2 Å². The van der Waals surface area contributed by atoms with E-state index in [1.165, 1.54) is 5.56 Å². The number of nitrogens with one attached hydrogen (secondary N) is 1. The van der Waals surface area contributed by atoms with Gasteiger partial charge in [-0.3, -0.25) is 0 Å². The third-order valence-electron chi connectivity index (χ3n) is 3.51. The highest BCUT2D eigenvalue weighted by Crippen LogP contribution is 2.29. The van der Waals surface area contributed by atoms with E-state index in [1.54, 1.807) is 0 Å². The number of rotatable bonds is 1. The van der Waals surface area contributed by atoms with Crippen LogP contribution in [0.5, 0.6) is 0 Å². The van der Waals surface area contributed by atoms with Crippen LogP contribution in [0.15, 0.2) is 28.7 Å². The Balaban J connectivity index is 1.80. The third kappa shape index (κ3) is 2.27. The Morgan fingerprint density at radius 2 is 2.00 bits per heavy atom. The Hall–Kier alpha value is -0.420. The van der Waals surface area contributed by atoms with Crippen LogP contribution in [-0.4, -0.2) is 31.5 Å². The number of benzene rings is 1. The summed E-state index contributed by atoms with van der Waals surface area (Å²) in [6.45, 7) is 3.59. The quantitative estimate of drug-likeness (QED) is 0.863. The molecule has 2 aliphatic heterocycles. The minimum absolute atomic E-state index is 0.180. The first-order chi connectivity index (χ1) is 8.24. The third-order valence-corrected chi connectivity index (χ3v) is 4.04. The summed E-state index contributed by atoms with van der Waals surface area (Å²) in [5, 5.41) is 3.64. The molecule has 3 unspecified atom stereocenters. The van der Waals surface area contributed by atoms with Gasteiger partial charge in [0.2, 0.25) is 0 Å². The van der Waals surface area contributed by atoms with Crippen LogP contribution < -0.4 is 5.32 Å². The molecule has 2 fully saturated rings. The van der Waals surface area contributed by atoms with E-state index in [1.807, 2.05) is 0 Å². The monoisotopic (exact) mass is 297 g/mol. The summed E-state index contributed by atoms with van der Waals surface area (Å²) in [5.74, 6) is 0. The number of fused-ring (bicyclic) bond motifs is 1. The lowest BCUT2D eigenvalue weighted by molar-refractivity contribution is -0.0658. The molecule has 17 heavy (non-hydrogen) atoms. The van der Waals surface area contributed by atoms with Crippen molar-refractivity contribution >= 4 is 15.9 Å². The fourth-order valence-corrected chi connectivity index (χ4v) is 2.85. The summed E-state index contributed by atoms with van der Waals surface area (Å²) in [5.41, 5.74) is 1.27. The van der Waals surface area contributed by atoms with Gasteiger partial charge in [-0.25, -0.2) is 0 Å². The largest absolute Gasteiger partial charge is 0.377 e. The lowest BCUT2D eigenvalue weighted by Gasteiger charge is -2.37. The Labute approximate surface area is 110 Å². The molecule has 2 aliphatic rings. The van der Waals surface area contributed by atoms with Crippen molar-refractivity contribution in [3.63, 3.8) is 0 Å². The van der Waals surface area contributed by atoms with Gasteiger partial charge in [-0.15, -0.1) is 0 Å². The van der Waals surface area contributed by atoms with E-state index in [0.717, 1.165) is 17.7 Å². The van der Waals surface area contributed by atoms with Crippen molar-refractivity contribution in [1.82, 2.24) is 5.32 Å². The highest BCUT2D eigenvalue weighted by molar-refractivity contribution is 9.10. The fraction of sp³-hybridized carbons (Fsp3) is 0.538. The van der Waals surface area contributed by atoms with Crippen LogP contribution in [0.1, 0.15) is 18.5 Å². The first kappa shape index (κ1) is 11.7. The van der Waals surface area contributed by atoms with E-state index in [0.29, 0.717) is 6.04 Å². The number of halogens is 1. The second-order valence-corrected chi connectivity index (χ2v) is 5.64. The summed E-state index contributed by atoms with van der Waals surface area (Å²) in [6, 6.07) is 9.00. The number of morpholine rings is 1. The van der Waals surface area contributed by atoms with Gasteiger partial charge in [0.25, 0.3) is 0 Å². The van der Waals surface area contributed by atoms with Crippen molar-refractivity contribution in [2.75, 3.05) is 13.2 Å². The second kappa shape index (κ2) is 4.69. The van der Waals surface area contributed by atoms with Gasteiger partial charge in [0.15, 0.2) is 0 Å². The minimum atomic E-state index is 0.180. The molecule has 1 aromatic rings. The average Bonchev–Trinajstić information content (AvgIpc) is 2.76. The Bertz CT molecular complexity index is 395. The van der Waals surface area contributed by atoms with Gasteiger partial charge in [0.05, 0.1) is 37.5 Å². The molecular formula is C13H16BrNO2. The van der Waals surface area contributed by atoms with Gasteiger partial charge < -0.3 is 14.8 Å². The fourth-order valence-electron chi connectivity index (χ4n) is 2.58. The maximum atomic E-state index is 6.01. The van der Waals surface area contributed by atoms with Crippen molar-refractivity contribution in [3.05, 3.63) is 34.3 Å². The SMILES string of the molecule is CC1OC2COC[C@H]2NC1c1ccc(Br)cc1. The highest BCUT2D eigenvalue weighted by atomic mass is 79.9. The first-order valence-corrected chi connectivity index (χ1v) is 6.78. The van der Waals surface area contributed by atoms with Crippen LogP contribution in [0.2, 0.25) is 0 Å². The topological polar surface area (TPSA) is 30.5 Å². The van der Waals surface area contributed by atoms with Crippen LogP contribution in [0.4, 0.5) is 0 Å². The van der Waals surface area contributed by atoms with E-state index in [2.05, 4.69) is 52.4 Å². The zero-order valence-corrected chi connectivity index (χ0v) is 11.3. The number of hydrogen-bond acceptors (Lipinski definition) is 3. The second-order valence-electron chi connectivity index (χ2n) is 4.72. The molecule has 0 amide bonds. The molecule has 0 radical (unpaired) electrons. The smallest absolute Gasteiger partial charge is 0.0988 e. The van der Waals surface area contributed by atoms with Gasteiger partial charge in [-0.05, 0) is 24.6 Å². The van der Waals surface area contributed by atoms with Crippen LogP contribution in [0.3, 0.4) is 0 Å². The van der Waals surface area contributed by atoms with Gasteiger partial charge >= 0.3 is 0 Å². The van der Waals surface area contributed by atoms with E-state index < -0.39 is 0 Å². The van der Waals surface area contributed by atoms with Gasteiger partial charge in [0.1, 0.15) is 0 Å². The van der Waals surface area contributed by atoms with E-state index in [4.69, 9.17) is 9.47 Å². The maximum Gasteiger partial charge on any atom is 0.0988 e. The van der Waals surface area contributed by atoms with Crippen LogP contribution >= 0.6 is 15.9 Å². The predicted octanol–water partition coefficient (Wildman–Crippen LogP) is 2.27. The molecule has 0 saturated carbocycles. The summed E-state index contributed by atoms with van der Waals surface area (Å²) in [7, 11) is 0. The summed E-state index contributed by atoms with van der Waals surface area (Å²) in [4.78, 5) is 0. The molecule has 0 aliphatic carbocycles. The summed E-state index contributed by atoms with van der Waals surface area (Å²) in [6.07, 6.45) is 0.399. The maximum absolute atomic E-state index is 6.01. The van der Waals surface area contributed by atoms with E-state index >= 15 is 0 Å². The predicted molar refractivity (Wildman–Crippen MR) is 69.0 cm³/mol. The minimum Gasteiger partial charge on any atom is -0.377 e. The molecule has 92 valence electrons. The molecule has 3 nitrogen and oxygen atoms in total. The number of ether oxygens (including phenoxy) is 2. The van der Waals surface area contributed by atoms with Crippen molar-refractivity contribution in [3.8, 4) is 0 Å². The van der Waals surface area contributed by atoms with E-state index in [9.17, 15) is 0 Å². The number of hydrogen-bond donors (Lipinski definition) is 1. The van der Waals surface area contributed by atoms with Crippen LogP contribution in [-0.2, 0) is 9.47 Å². The van der Waals surface area contributed by atoms with Crippen molar-refractivity contribution < 1.29 is 9.47 Å². The Morgan fingerprint density at radius 3 is 2.76 bits per heavy atom. The molecule has 2 saturated heterocycles. The molecule has 1 N–H and O–H groups in total. The molecule has 3 rings (SSSR count). The average molecular weight is 298 g/mol. The zero-order valence-electron chi connectivity index (χ0n) is 9.73. The van der Waals surface area contributed by atoms with Crippen LogP contribution in [0.25, 0.3) is 0 Å². The van der Waals surface area contributed by atoms with Gasteiger partial charge in [-0.1, -0.05) is 28.1 Å². The first-order valence-electron chi connectivity index (χ1n) is 5.99. The lowest BCUT2D eigenvalue weighted by Crippen LogP contribution is -2.52. The van der Waals surface area contributed by atoms with Crippen molar-refractivity contribution in [1.29, 1.82) is 0 Å².